The molecule has 1 aliphatic heterocycles. The highest BCUT2D eigenvalue weighted by Gasteiger charge is 2.32. The van der Waals surface area contributed by atoms with Crippen LogP contribution >= 0.6 is 0 Å². The number of aliphatic hydroxyl groups excluding tert-OH is 1. The zero-order valence-electron chi connectivity index (χ0n) is 8.96. The van der Waals surface area contributed by atoms with Gasteiger partial charge in [-0.1, -0.05) is 5.16 Å². The van der Waals surface area contributed by atoms with Crippen LogP contribution in [0.5, 0.6) is 0 Å². The molecule has 0 aliphatic carbocycles. The summed E-state index contributed by atoms with van der Waals surface area (Å²) in [6, 6.07) is 0. The molecule has 2 atom stereocenters. The molecule has 16 heavy (non-hydrogen) atoms. The van der Waals surface area contributed by atoms with Gasteiger partial charge in [0, 0.05) is 6.42 Å². The van der Waals surface area contributed by atoms with E-state index in [0.717, 1.165) is 0 Å². The maximum Gasteiger partial charge on any atom is 0.255 e. The molecule has 6 nitrogen and oxygen atoms in total. The summed E-state index contributed by atoms with van der Waals surface area (Å²) >= 11 is 0. The molecule has 1 saturated heterocycles. The van der Waals surface area contributed by atoms with Crippen molar-refractivity contribution in [3.05, 3.63) is 11.7 Å². The Morgan fingerprint density at radius 3 is 2.88 bits per heavy atom. The van der Waals surface area contributed by atoms with E-state index in [1.807, 2.05) is 0 Å². The Kier molecular flexibility index (Phi) is 2.98. The van der Waals surface area contributed by atoms with Crippen molar-refractivity contribution in [2.45, 2.75) is 37.5 Å². The molecule has 0 bridgehead atoms. The minimum absolute atomic E-state index is 0.130. The van der Waals surface area contributed by atoms with E-state index in [-0.39, 0.29) is 18.1 Å². The summed E-state index contributed by atoms with van der Waals surface area (Å²) in [4.78, 5) is 3.95. The first-order chi connectivity index (χ1) is 7.49. The molecule has 1 N–H and O–H groups in total. The summed E-state index contributed by atoms with van der Waals surface area (Å²) in [6.07, 6.45) is 0.814. The summed E-state index contributed by atoms with van der Waals surface area (Å²) in [5.41, 5.74) is 0. The van der Waals surface area contributed by atoms with Gasteiger partial charge in [-0.2, -0.15) is 4.98 Å². The van der Waals surface area contributed by atoms with E-state index in [2.05, 4.69) is 10.1 Å². The third-order valence-corrected chi connectivity index (χ3v) is 4.99. The van der Waals surface area contributed by atoms with Gasteiger partial charge < -0.3 is 9.63 Å². The van der Waals surface area contributed by atoms with Crippen LogP contribution in [-0.4, -0.2) is 34.7 Å². The van der Waals surface area contributed by atoms with Gasteiger partial charge in [-0.15, -0.1) is 0 Å². The highest BCUT2D eigenvalue weighted by molar-refractivity contribution is 7.92. The Hall–Kier alpha value is -0.950. The monoisotopic (exact) mass is 246 g/mol. The molecule has 7 heteroatoms. The Bertz CT molecular complexity index is 466. The van der Waals surface area contributed by atoms with Crippen molar-refractivity contribution in [2.75, 3.05) is 5.75 Å². The lowest BCUT2D eigenvalue weighted by Crippen LogP contribution is -2.19. The third kappa shape index (κ3) is 2.25. The van der Waals surface area contributed by atoms with E-state index >= 15 is 0 Å². The summed E-state index contributed by atoms with van der Waals surface area (Å²) < 4.78 is 27.9. The van der Waals surface area contributed by atoms with Crippen LogP contribution in [0.2, 0.25) is 0 Å². The fourth-order valence-corrected chi connectivity index (χ4v) is 3.64. The zero-order valence-corrected chi connectivity index (χ0v) is 9.77. The standard InChI is InChI=1S/C9H14N2O4S/c1-6(12)9-10-8(11-15-9)5-7-3-2-4-16(7,13)14/h6-7,12H,2-5H2,1H3. The molecule has 2 heterocycles. The van der Waals surface area contributed by atoms with Crippen molar-refractivity contribution in [3.63, 3.8) is 0 Å². The van der Waals surface area contributed by atoms with Crippen LogP contribution in [0.4, 0.5) is 0 Å². The van der Waals surface area contributed by atoms with Crippen LogP contribution in [0.25, 0.3) is 0 Å². The van der Waals surface area contributed by atoms with Gasteiger partial charge in [-0.25, -0.2) is 8.42 Å². The van der Waals surface area contributed by atoms with Crippen LogP contribution in [0, 0.1) is 0 Å². The SMILES string of the molecule is CC(O)c1nc(CC2CCCS2(=O)=O)no1. The zero-order chi connectivity index (χ0) is 11.8. The van der Waals surface area contributed by atoms with Gasteiger partial charge in [0.1, 0.15) is 6.10 Å². The summed E-state index contributed by atoms with van der Waals surface area (Å²) in [7, 11) is -2.98. The molecular weight excluding hydrogens is 232 g/mol. The van der Waals surface area contributed by atoms with E-state index in [0.29, 0.717) is 18.7 Å². The van der Waals surface area contributed by atoms with Crippen molar-refractivity contribution in [2.24, 2.45) is 0 Å². The van der Waals surface area contributed by atoms with Gasteiger partial charge in [-0.3, -0.25) is 0 Å². The van der Waals surface area contributed by atoms with Crippen molar-refractivity contribution >= 4 is 9.84 Å². The molecule has 0 amide bonds. The second-order valence-electron chi connectivity index (χ2n) is 4.06. The minimum atomic E-state index is -2.98. The van der Waals surface area contributed by atoms with E-state index in [4.69, 9.17) is 4.52 Å². The molecule has 2 rings (SSSR count). The number of hydrogen-bond acceptors (Lipinski definition) is 6. The minimum Gasteiger partial charge on any atom is -0.384 e. The van der Waals surface area contributed by atoms with Gasteiger partial charge >= 0.3 is 0 Å². The largest absolute Gasteiger partial charge is 0.384 e. The first-order valence-corrected chi connectivity index (χ1v) is 6.92. The first kappa shape index (κ1) is 11.5. The molecule has 1 aromatic rings. The first-order valence-electron chi connectivity index (χ1n) is 5.21. The average molecular weight is 246 g/mol. The van der Waals surface area contributed by atoms with Gasteiger partial charge in [0.15, 0.2) is 15.7 Å². The lowest BCUT2D eigenvalue weighted by molar-refractivity contribution is 0.151. The van der Waals surface area contributed by atoms with Crippen molar-refractivity contribution in [1.29, 1.82) is 0 Å². The number of aromatic nitrogens is 2. The molecule has 0 saturated carbocycles. The quantitative estimate of drug-likeness (QED) is 0.821. The van der Waals surface area contributed by atoms with Crippen LogP contribution in [0.15, 0.2) is 4.52 Å². The molecule has 90 valence electrons. The Morgan fingerprint density at radius 1 is 1.62 bits per heavy atom. The fraction of sp³-hybridized carbons (Fsp3) is 0.778. The topological polar surface area (TPSA) is 93.3 Å². The fourth-order valence-electron chi connectivity index (χ4n) is 1.81. The molecule has 1 fully saturated rings. The van der Waals surface area contributed by atoms with Crippen molar-refractivity contribution < 1.29 is 18.0 Å². The van der Waals surface area contributed by atoms with Crippen LogP contribution in [-0.2, 0) is 16.3 Å². The van der Waals surface area contributed by atoms with E-state index in [9.17, 15) is 13.5 Å². The average Bonchev–Trinajstić information content (AvgIpc) is 2.75. The van der Waals surface area contributed by atoms with E-state index < -0.39 is 21.2 Å². The predicted molar refractivity (Wildman–Crippen MR) is 55.4 cm³/mol. The van der Waals surface area contributed by atoms with Gasteiger partial charge in [0.05, 0.1) is 11.0 Å². The number of rotatable bonds is 3. The number of sulfone groups is 1. The lowest BCUT2D eigenvalue weighted by atomic mass is 10.2. The third-order valence-electron chi connectivity index (χ3n) is 2.71. The highest BCUT2D eigenvalue weighted by atomic mass is 32.2. The van der Waals surface area contributed by atoms with Crippen LogP contribution in [0.1, 0.15) is 37.6 Å². The normalized spacial score (nSPS) is 25.8. The van der Waals surface area contributed by atoms with Gasteiger partial charge in [0.2, 0.25) is 0 Å². The molecule has 0 aromatic carbocycles. The Balaban J connectivity index is 2.09. The summed E-state index contributed by atoms with van der Waals surface area (Å²) in [6.45, 7) is 1.52. The van der Waals surface area contributed by atoms with Gasteiger partial charge in [-0.05, 0) is 19.8 Å². The molecule has 0 spiro atoms. The number of hydrogen-bond donors (Lipinski definition) is 1. The molecule has 1 aliphatic rings. The smallest absolute Gasteiger partial charge is 0.255 e. The Morgan fingerprint density at radius 2 is 2.38 bits per heavy atom. The number of nitrogens with zero attached hydrogens (tertiary/aromatic N) is 2. The van der Waals surface area contributed by atoms with Gasteiger partial charge in [0.25, 0.3) is 5.89 Å². The maximum absolute atomic E-state index is 11.6. The molecule has 0 radical (unpaired) electrons. The van der Waals surface area contributed by atoms with E-state index in [1.165, 1.54) is 6.92 Å². The Labute approximate surface area is 93.6 Å². The predicted octanol–water partition coefficient (Wildman–Crippen LogP) is 0.243. The van der Waals surface area contributed by atoms with Crippen LogP contribution < -0.4 is 0 Å². The summed E-state index contributed by atoms with van der Waals surface area (Å²) in [5.74, 6) is 0.732. The highest BCUT2D eigenvalue weighted by Crippen LogP contribution is 2.23. The summed E-state index contributed by atoms with van der Waals surface area (Å²) in [5, 5.41) is 12.4. The molecular formula is C9H14N2O4S. The lowest BCUT2D eigenvalue weighted by Gasteiger charge is -2.04. The van der Waals surface area contributed by atoms with E-state index in [1.54, 1.807) is 0 Å². The van der Waals surface area contributed by atoms with Crippen LogP contribution in [0.3, 0.4) is 0 Å². The number of aliphatic hydroxyl groups is 1. The van der Waals surface area contributed by atoms with Crippen molar-refractivity contribution in [3.8, 4) is 0 Å². The second kappa shape index (κ2) is 4.14. The molecule has 2 unspecified atom stereocenters. The second-order valence-corrected chi connectivity index (χ2v) is 6.46. The maximum atomic E-state index is 11.6. The molecule has 1 aromatic heterocycles. The van der Waals surface area contributed by atoms with Crippen molar-refractivity contribution in [1.82, 2.24) is 10.1 Å².